The lowest BCUT2D eigenvalue weighted by atomic mass is 9.97. The van der Waals surface area contributed by atoms with Gasteiger partial charge in [-0.2, -0.15) is 0 Å². The highest BCUT2D eigenvalue weighted by atomic mass is 16.5. The predicted octanol–water partition coefficient (Wildman–Crippen LogP) is 3.67. The number of hydrogen-bond donors (Lipinski definition) is 1. The second-order valence-corrected chi connectivity index (χ2v) is 5.04. The number of ether oxygens (including phenoxy) is 1. The van der Waals surface area contributed by atoms with Gasteiger partial charge in [-0.3, -0.25) is 0 Å². The van der Waals surface area contributed by atoms with E-state index in [1.165, 1.54) is 32.1 Å². The number of rotatable bonds is 4. The second-order valence-electron chi connectivity index (χ2n) is 5.04. The molecule has 1 fully saturated rings. The molecule has 0 bridgehead atoms. The van der Waals surface area contributed by atoms with Crippen molar-refractivity contribution >= 4 is 0 Å². The summed E-state index contributed by atoms with van der Waals surface area (Å²) in [5.41, 5.74) is 0.982. The Labute approximate surface area is 104 Å². The molecule has 0 spiro atoms. The quantitative estimate of drug-likeness (QED) is 0.861. The minimum Gasteiger partial charge on any atom is -0.508 e. The average molecular weight is 234 g/mol. The van der Waals surface area contributed by atoms with Gasteiger partial charge in [-0.1, -0.05) is 37.5 Å². The van der Waals surface area contributed by atoms with Crippen LogP contribution in [0, 0.1) is 0 Å². The molecule has 0 heterocycles. The smallest absolute Gasteiger partial charge is 0.118 e. The zero-order valence-corrected chi connectivity index (χ0v) is 10.6. The summed E-state index contributed by atoms with van der Waals surface area (Å²) in [6, 6.07) is 7.52. The van der Waals surface area contributed by atoms with Crippen LogP contribution in [0.1, 0.15) is 44.6 Å². The standard InChI is InChI=1S/C15H22O2/c1-12(17-14-8-3-2-4-9-14)11-13-7-5-6-10-15(13)16/h5-7,10,12,14,16H,2-4,8-9,11H2,1H3. The van der Waals surface area contributed by atoms with Crippen LogP contribution in [0.3, 0.4) is 0 Å². The summed E-state index contributed by atoms with van der Waals surface area (Å²) in [4.78, 5) is 0. The molecular weight excluding hydrogens is 212 g/mol. The van der Waals surface area contributed by atoms with Gasteiger partial charge in [-0.05, 0) is 31.4 Å². The topological polar surface area (TPSA) is 29.5 Å². The minimum atomic E-state index is 0.186. The lowest BCUT2D eigenvalue weighted by Gasteiger charge is -2.26. The Morgan fingerprint density at radius 1 is 1.24 bits per heavy atom. The van der Waals surface area contributed by atoms with Gasteiger partial charge >= 0.3 is 0 Å². The monoisotopic (exact) mass is 234 g/mol. The summed E-state index contributed by atoms with van der Waals surface area (Å²) in [7, 11) is 0. The Hall–Kier alpha value is -1.02. The highest BCUT2D eigenvalue weighted by Gasteiger charge is 2.17. The summed E-state index contributed by atoms with van der Waals surface area (Å²) in [5, 5.41) is 9.71. The fourth-order valence-electron chi connectivity index (χ4n) is 2.57. The van der Waals surface area contributed by atoms with E-state index >= 15 is 0 Å². The van der Waals surface area contributed by atoms with Crippen molar-refractivity contribution in [3.63, 3.8) is 0 Å². The Balaban J connectivity index is 1.84. The first kappa shape index (κ1) is 12.4. The fraction of sp³-hybridized carbons (Fsp3) is 0.600. The predicted molar refractivity (Wildman–Crippen MR) is 69.2 cm³/mol. The molecule has 1 aromatic rings. The summed E-state index contributed by atoms with van der Waals surface area (Å²) < 4.78 is 6.04. The lowest BCUT2D eigenvalue weighted by Crippen LogP contribution is -2.23. The molecule has 2 nitrogen and oxygen atoms in total. The van der Waals surface area contributed by atoms with Gasteiger partial charge in [0.05, 0.1) is 12.2 Å². The van der Waals surface area contributed by atoms with Crippen molar-refractivity contribution in [1.29, 1.82) is 0 Å². The van der Waals surface area contributed by atoms with E-state index in [1.807, 2.05) is 18.2 Å². The third-order valence-electron chi connectivity index (χ3n) is 3.48. The fourth-order valence-corrected chi connectivity index (χ4v) is 2.57. The molecule has 0 aromatic heterocycles. The number of hydrogen-bond acceptors (Lipinski definition) is 2. The largest absolute Gasteiger partial charge is 0.508 e. The van der Waals surface area contributed by atoms with Crippen LogP contribution in [0.2, 0.25) is 0 Å². The lowest BCUT2D eigenvalue weighted by molar-refractivity contribution is -0.0204. The maximum atomic E-state index is 9.71. The summed E-state index contributed by atoms with van der Waals surface area (Å²) in [6.07, 6.45) is 7.77. The number of aromatic hydroxyl groups is 1. The Bertz CT molecular complexity index is 343. The molecule has 17 heavy (non-hydrogen) atoms. The summed E-state index contributed by atoms with van der Waals surface area (Å²) in [5.74, 6) is 0.381. The number of para-hydroxylation sites is 1. The molecule has 94 valence electrons. The van der Waals surface area contributed by atoms with Crippen LogP contribution < -0.4 is 0 Å². The first-order valence-electron chi connectivity index (χ1n) is 6.68. The van der Waals surface area contributed by atoms with Crippen molar-refractivity contribution < 1.29 is 9.84 Å². The van der Waals surface area contributed by atoms with E-state index in [-0.39, 0.29) is 6.10 Å². The van der Waals surface area contributed by atoms with Crippen LogP contribution in [0.5, 0.6) is 5.75 Å². The van der Waals surface area contributed by atoms with Gasteiger partial charge in [0.2, 0.25) is 0 Å². The van der Waals surface area contributed by atoms with E-state index in [0.29, 0.717) is 11.9 Å². The molecule has 2 rings (SSSR count). The molecule has 1 aliphatic rings. The highest BCUT2D eigenvalue weighted by molar-refractivity contribution is 5.32. The van der Waals surface area contributed by atoms with E-state index in [2.05, 4.69) is 6.92 Å². The molecule has 0 aliphatic heterocycles. The van der Waals surface area contributed by atoms with Crippen molar-refractivity contribution in [1.82, 2.24) is 0 Å². The molecule has 1 unspecified atom stereocenters. The van der Waals surface area contributed by atoms with Gasteiger partial charge in [0, 0.05) is 6.42 Å². The molecule has 1 saturated carbocycles. The van der Waals surface area contributed by atoms with Crippen LogP contribution in [-0.4, -0.2) is 17.3 Å². The molecule has 0 saturated heterocycles. The molecule has 1 atom stereocenters. The van der Waals surface area contributed by atoms with Crippen LogP contribution >= 0.6 is 0 Å². The van der Waals surface area contributed by atoms with Crippen LogP contribution in [-0.2, 0) is 11.2 Å². The third kappa shape index (κ3) is 3.74. The van der Waals surface area contributed by atoms with Crippen molar-refractivity contribution in [3.8, 4) is 5.75 Å². The summed E-state index contributed by atoms with van der Waals surface area (Å²) >= 11 is 0. The van der Waals surface area contributed by atoms with Crippen LogP contribution in [0.15, 0.2) is 24.3 Å². The van der Waals surface area contributed by atoms with Crippen molar-refractivity contribution in [2.75, 3.05) is 0 Å². The molecular formula is C15H22O2. The van der Waals surface area contributed by atoms with Gasteiger partial charge in [0.1, 0.15) is 5.75 Å². The van der Waals surface area contributed by atoms with E-state index in [4.69, 9.17) is 4.74 Å². The zero-order chi connectivity index (χ0) is 12.1. The maximum absolute atomic E-state index is 9.71. The van der Waals surface area contributed by atoms with E-state index in [1.54, 1.807) is 6.07 Å². The zero-order valence-electron chi connectivity index (χ0n) is 10.6. The Morgan fingerprint density at radius 3 is 2.65 bits per heavy atom. The van der Waals surface area contributed by atoms with Gasteiger partial charge in [0.15, 0.2) is 0 Å². The SMILES string of the molecule is CC(Cc1ccccc1O)OC1CCCCC1. The van der Waals surface area contributed by atoms with Gasteiger partial charge in [-0.15, -0.1) is 0 Å². The normalized spacial score (nSPS) is 19.1. The molecule has 0 amide bonds. The number of benzene rings is 1. The van der Waals surface area contributed by atoms with Crippen LogP contribution in [0.25, 0.3) is 0 Å². The maximum Gasteiger partial charge on any atom is 0.118 e. The highest BCUT2D eigenvalue weighted by Crippen LogP contribution is 2.24. The van der Waals surface area contributed by atoms with Gasteiger partial charge in [0.25, 0.3) is 0 Å². The van der Waals surface area contributed by atoms with E-state index in [0.717, 1.165) is 12.0 Å². The second kappa shape index (κ2) is 6.06. The molecule has 1 aliphatic carbocycles. The van der Waals surface area contributed by atoms with Crippen molar-refractivity contribution in [2.24, 2.45) is 0 Å². The van der Waals surface area contributed by atoms with E-state index in [9.17, 15) is 5.11 Å². The Kier molecular flexibility index (Phi) is 4.43. The van der Waals surface area contributed by atoms with Gasteiger partial charge < -0.3 is 9.84 Å². The first-order chi connectivity index (χ1) is 8.25. The molecule has 0 radical (unpaired) electrons. The minimum absolute atomic E-state index is 0.186. The summed E-state index contributed by atoms with van der Waals surface area (Å²) in [6.45, 7) is 2.10. The average Bonchev–Trinajstić information content (AvgIpc) is 2.33. The molecule has 1 aromatic carbocycles. The number of phenolic OH excluding ortho intramolecular Hbond substituents is 1. The first-order valence-corrected chi connectivity index (χ1v) is 6.68. The van der Waals surface area contributed by atoms with E-state index < -0.39 is 0 Å². The van der Waals surface area contributed by atoms with Crippen molar-refractivity contribution in [2.45, 2.75) is 57.7 Å². The van der Waals surface area contributed by atoms with Crippen molar-refractivity contribution in [3.05, 3.63) is 29.8 Å². The third-order valence-corrected chi connectivity index (χ3v) is 3.48. The van der Waals surface area contributed by atoms with Gasteiger partial charge in [-0.25, -0.2) is 0 Å². The Morgan fingerprint density at radius 2 is 1.94 bits per heavy atom. The van der Waals surface area contributed by atoms with Crippen LogP contribution in [0.4, 0.5) is 0 Å². The number of phenols is 1. The molecule has 1 N–H and O–H groups in total. The molecule has 2 heteroatoms.